The number of anilines is 2. The highest BCUT2D eigenvalue weighted by Gasteiger charge is 2.32. The van der Waals surface area contributed by atoms with Crippen molar-refractivity contribution in [1.29, 1.82) is 0 Å². The van der Waals surface area contributed by atoms with Crippen LogP contribution in [0.2, 0.25) is 0 Å². The van der Waals surface area contributed by atoms with Gasteiger partial charge in [-0.05, 0) is 36.4 Å². The zero-order chi connectivity index (χ0) is 20.4. The molecule has 8 heteroatoms. The molecule has 0 saturated carbocycles. The predicted octanol–water partition coefficient (Wildman–Crippen LogP) is 3.09. The number of carbonyl (C=O) groups is 2. The third-order valence-corrected chi connectivity index (χ3v) is 4.70. The van der Waals surface area contributed by atoms with Gasteiger partial charge in [0.05, 0.1) is 26.3 Å². The van der Waals surface area contributed by atoms with Gasteiger partial charge in [-0.3, -0.25) is 9.59 Å². The summed E-state index contributed by atoms with van der Waals surface area (Å²) in [5.74, 6) is 1.30. The maximum atomic E-state index is 12.9. The Hall–Kier alpha value is -3.81. The first-order chi connectivity index (χ1) is 14.1. The molecule has 0 fully saturated rings. The third-order valence-electron chi connectivity index (χ3n) is 4.70. The van der Waals surface area contributed by atoms with Crippen LogP contribution in [0.5, 0.6) is 11.5 Å². The molecule has 8 nitrogen and oxygen atoms in total. The number of fused-ring (bicyclic) bond motifs is 1. The van der Waals surface area contributed by atoms with Crippen molar-refractivity contribution in [2.24, 2.45) is 0 Å². The molecule has 2 heterocycles. The van der Waals surface area contributed by atoms with Gasteiger partial charge in [0.2, 0.25) is 11.8 Å². The highest BCUT2D eigenvalue weighted by Crippen LogP contribution is 2.31. The van der Waals surface area contributed by atoms with Crippen molar-refractivity contribution in [3.05, 3.63) is 54.6 Å². The first kappa shape index (κ1) is 18.5. The van der Waals surface area contributed by atoms with Gasteiger partial charge in [0.25, 0.3) is 0 Å². The second-order valence-corrected chi connectivity index (χ2v) is 6.58. The van der Waals surface area contributed by atoms with Crippen LogP contribution < -0.4 is 20.1 Å². The number of rotatable bonds is 5. The molecule has 0 saturated heterocycles. The van der Waals surface area contributed by atoms with Gasteiger partial charge in [-0.15, -0.1) is 0 Å². The van der Waals surface area contributed by atoms with Gasteiger partial charge >= 0.3 is 0 Å². The summed E-state index contributed by atoms with van der Waals surface area (Å²) >= 11 is 0. The van der Waals surface area contributed by atoms with Crippen molar-refractivity contribution >= 4 is 23.3 Å². The number of hydrogen-bond donors (Lipinski definition) is 2. The van der Waals surface area contributed by atoms with E-state index in [2.05, 4.69) is 15.7 Å². The fourth-order valence-corrected chi connectivity index (χ4v) is 3.21. The molecule has 0 spiro atoms. The molecular weight excluding hydrogens is 372 g/mol. The fraction of sp³-hybridized carbons (Fsp3) is 0.190. The number of methoxy groups -OCH3 is 2. The fourth-order valence-electron chi connectivity index (χ4n) is 3.21. The van der Waals surface area contributed by atoms with Crippen LogP contribution >= 0.6 is 0 Å². The topological polar surface area (TPSA) is 94.5 Å². The summed E-state index contributed by atoms with van der Waals surface area (Å²) in [6.07, 6.45) is 0.00648. The van der Waals surface area contributed by atoms with Gasteiger partial charge in [0.1, 0.15) is 23.4 Å². The van der Waals surface area contributed by atoms with E-state index in [4.69, 9.17) is 9.47 Å². The average molecular weight is 392 g/mol. The lowest BCUT2D eigenvalue weighted by atomic mass is 10.1. The monoisotopic (exact) mass is 392 g/mol. The van der Waals surface area contributed by atoms with Crippen molar-refractivity contribution in [3.63, 3.8) is 0 Å². The maximum absolute atomic E-state index is 12.9. The summed E-state index contributed by atoms with van der Waals surface area (Å²) in [5, 5.41) is 10.2. The Balaban J connectivity index is 1.61. The molecule has 0 bridgehead atoms. The first-order valence-corrected chi connectivity index (χ1v) is 9.06. The molecule has 4 rings (SSSR count). The van der Waals surface area contributed by atoms with E-state index in [1.165, 1.54) is 0 Å². The molecule has 2 amide bonds. The largest absolute Gasteiger partial charge is 0.497 e. The number of benzene rings is 2. The van der Waals surface area contributed by atoms with Gasteiger partial charge in [-0.1, -0.05) is 6.07 Å². The minimum atomic E-state index is -0.753. The van der Waals surface area contributed by atoms with Crippen LogP contribution in [0.25, 0.3) is 11.3 Å². The summed E-state index contributed by atoms with van der Waals surface area (Å²) in [4.78, 5) is 25.0. The lowest BCUT2D eigenvalue weighted by Gasteiger charge is -2.23. The maximum Gasteiger partial charge on any atom is 0.249 e. The van der Waals surface area contributed by atoms with Crippen LogP contribution in [0.4, 0.5) is 11.5 Å². The molecule has 1 aromatic heterocycles. The van der Waals surface area contributed by atoms with E-state index in [-0.39, 0.29) is 18.2 Å². The van der Waals surface area contributed by atoms with Gasteiger partial charge in [0.15, 0.2) is 0 Å². The minimum absolute atomic E-state index is 0.00648. The lowest BCUT2D eigenvalue weighted by molar-refractivity contribution is -0.125. The number of hydrogen-bond acceptors (Lipinski definition) is 5. The van der Waals surface area contributed by atoms with Gasteiger partial charge < -0.3 is 20.1 Å². The summed E-state index contributed by atoms with van der Waals surface area (Å²) in [7, 11) is 3.16. The van der Waals surface area contributed by atoms with Crippen LogP contribution in [-0.4, -0.2) is 35.8 Å². The van der Waals surface area contributed by atoms with E-state index < -0.39 is 6.04 Å². The highest BCUT2D eigenvalue weighted by molar-refractivity contribution is 6.01. The van der Waals surface area contributed by atoms with Crippen molar-refractivity contribution in [3.8, 4) is 22.8 Å². The lowest BCUT2D eigenvalue weighted by Crippen LogP contribution is -2.35. The molecule has 3 aromatic rings. The molecule has 0 radical (unpaired) electrons. The Kier molecular flexibility index (Phi) is 4.90. The third kappa shape index (κ3) is 3.77. The van der Waals surface area contributed by atoms with Crippen LogP contribution in [0, 0.1) is 0 Å². The highest BCUT2D eigenvalue weighted by atomic mass is 16.5. The zero-order valence-electron chi connectivity index (χ0n) is 16.0. The summed E-state index contributed by atoms with van der Waals surface area (Å²) in [6.45, 7) is 0. The Morgan fingerprint density at radius 1 is 1.10 bits per heavy atom. The standard InChI is InChI=1S/C21H20N4O4/c1-28-15-8-6-13(7-9-15)17-11-19-23-20(26)12-18(25(19)24-17)21(27)22-14-4-3-5-16(10-14)29-2/h3-11,18H,12H2,1-2H3,(H,22,27)(H,23,26)/t18-/m1/s1. The van der Waals surface area contributed by atoms with E-state index in [1.807, 2.05) is 24.3 Å². The Labute approximate surface area is 167 Å². The van der Waals surface area contributed by atoms with Crippen molar-refractivity contribution in [2.45, 2.75) is 12.5 Å². The molecule has 29 heavy (non-hydrogen) atoms. The molecule has 1 aliphatic heterocycles. The number of aromatic nitrogens is 2. The number of amides is 2. The number of nitrogens with zero attached hydrogens (tertiary/aromatic N) is 2. The SMILES string of the molecule is COc1ccc(-c2cc3n(n2)[C@@H](C(=O)Nc2cccc(OC)c2)CC(=O)N3)cc1. The van der Waals surface area contributed by atoms with Crippen molar-refractivity contribution in [1.82, 2.24) is 9.78 Å². The number of ether oxygens (including phenoxy) is 2. The van der Waals surface area contributed by atoms with Gasteiger partial charge in [-0.25, -0.2) is 4.68 Å². The normalized spacial score (nSPS) is 15.2. The molecule has 2 N–H and O–H groups in total. The van der Waals surface area contributed by atoms with Crippen LogP contribution in [0.15, 0.2) is 54.6 Å². The van der Waals surface area contributed by atoms with E-state index in [9.17, 15) is 9.59 Å². The molecule has 1 atom stereocenters. The summed E-state index contributed by atoms with van der Waals surface area (Å²) < 4.78 is 11.9. The second kappa shape index (κ2) is 7.67. The quantitative estimate of drug-likeness (QED) is 0.696. The van der Waals surface area contributed by atoms with Gasteiger partial charge in [-0.2, -0.15) is 5.10 Å². The van der Waals surface area contributed by atoms with E-state index in [0.29, 0.717) is 22.9 Å². The molecule has 2 aromatic carbocycles. The number of nitrogens with one attached hydrogen (secondary N) is 2. The van der Waals surface area contributed by atoms with E-state index in [0.717, 1.165) is 11.3 Å². The minimum Gasteiger partial charge on any atom is -0.497 e. The number of carbonyl (C=O) groups excluding carboxylic acids is 2. The molecule has 1 aliphatic rings. The molecule has 148 valence electrons. The summed E-state index contributed by atoms with van der Waals surface area (Å²) in [6, 6.07) is 15.5. The average Bonchev–Trinajstić information content (AvgIpc) is 3.17. The zero-order valence-corrected chi connectivity index (χ0v) is 16.0. The Morgan fingerprint density at radius 2 is 1.86 bits per heavy atom. The van der Waals surface area contributed by atoms with Crippen LogP contribution in [-0.2, 0) is 9.59 Å². The van der Waals surface area contributed by atoms with Crippen molar-refractivity contribution in [2.75, 3.05) is 24.9 Å². The van der Waals surface area contributed by atoms with E-state index >= 15 is 0 Å². The smallest absolute Gasteiger partial charge is 0.249 e. The Morgan fingerprint density at radius 3 is 2.59 bits per heavy atom. The first-order valence-electron chi connectivity index (χ1n) is 9.06. The van der Waals surface area contributed by atoms with Crippen LogP contribution in [0.1, 0.15) is 12.5 Å². The molecule has 0 unspecified atom stereocenters. The van der Waals surface area contributed by atoms with E-state index in [1.54, 1.807) is 49.2 Å². The molecular formula is C21H20N4O4. The van der Waals surface area contributed by atoms with Crippen LogP contribution in [0.3, 0.4) is 0 Å². The molecule has 0 aliphatic carbocycles. The van der Waals surface area contributed by atoms with Gasteiger partial charge in [0, 0.05) is 23.4 Å². The van der Waals surface area contributed by atoms with Crippen molar-refractivity contribution < 1.29 is 19.1 Å². The second-order valence-electron chi connectivity index (χ2n) is 6.58. The Bertz CT molecular complexity index is 1060. The summed E-state index contributed by atoms with van der Waals surface area (Å²) in [5.41, 5.74) is 2.10. The predicted molar refractivity (Wildman–Crippen MR) is 108 cm³/mol.